The number of hydrogen-bond acceptors (Lipinski definition) is 4. The molecule has 0 saturated carbocycles. The Hall–Kier alpha value is -1.10. The summed E-state index contributed by atoms with van der Waals surface area (Å²) in [6, 6.07) is 0. The van der Waals surface area contributed by atoms with Crippen LogP contribution in [0.1, 0.15) is 27.2 Å². The van der Waals surface area contributed by atoms with E-state index in [4.69, 9.17) is 9.47 Å². The van der Waals surface area contributed by atoms with Crippen LogP contribution in [0.2, 0.25) is 0 Å². The Morgan fingerprint density at radius 3 is 2.75 bits per heavy atom. The topological polar surface area (TPSA) is 55.8 Å². The molecule has 0 aromatic heterocycles. The molecule has 90 valence electrons. The first kappa shape index (κ1) is 11.4. The van der Waals surface area contributed by atoms with Crippen LogP contribution in [0.15, 0.2) is 0 Å². The number of aldehydes is 1. The highest BCUT2D eigenvalue weighted by atomic mass is 16.6. The Balaban J connectivity index is 2.11. The third kappa shape index (κ3) is 1.80. The van der Waals surface area contributed by atoms with E-state index in [-0.39, 0.29) is 6.10 Å². The van der Waals surface area contributed by atoms with E-state index in [1.807, 2.05) is 20.8 Å². The van der Waals surface area contributed by atoms with Crippen molar-refractivity contribution < 1.29 is 19.1 Å². The van der Waals surface area contributed by atoms with Crippen LogP contribution in [0.5, 0.6) is 0 Å². The van der Waals surface area contributed by atoms with Crippen LogP contribution >= 0.6 is 0 Å². The molecule has 1 amide bonds. The molecule has 0 unspecified atom stereocenters. The van der Waals surface area contributed by atoms with Crippen LogP contribution in [0.4, 0.5) is 4.79 Å². The molecule has 2 saturated heterocycles. The normalized spacial score (nSPS) is 32.9. The van der Waals surface area contributed by atoms with E-state index < -0.39 is 17.2 Å². The van der Waals surface area contributed by atoms with Crippen LogP contribution in [-0.2, 0) is 14.3 Å². The van der Waals surface area contributed by atoms with E-state index >= 15 is 0 Å². The number of nitrogens with zero attached hydrogens (tertiary/aromatic N) is 1. The van der Waals surface area contributed by atoms with E-state index in [2.05, 4.69) is 0 Å². The summed E-state index contributed by atoms with van der Waals surface area (Å²) < 4.78 is 10.6. The standard InChI is InChI=1S/C11H17NO4/c1-10(2,3)16-9(14)12-5-8-4-11(12,6-13)7-15-8/h6,8H,4-5,7H2,1-3H3/t8-,11+/m1/s1. The van der Waals surface area contributed by atoms with Gasteiger partial charge in [-0.3, -0.25) is 4.90 Å². The molecule has 2 aliphatic heterocycles. The van der Waals surface area contributed by atoms with Crippen molar-refractivity contribution >= 4 is 12.4 Å². The van der Waals surface area contributed by atoms with Crippen molar-refractivity contribution in [2.45, 2.75) is 44.4 Å². The Labute approximate surface area is 94.7 Å². The molecule has 16 heavy (non-hydrogen) atoms. The Bertz CT molecular complexity index is 322. The monoisotopic (exact) mass is 227 g/mol. The van der Waals surface area contributed by atoms with Crippen LogP contribution in [0.3, 0.4) is 0 Å². The molecule has 2 atom stereocenters. The number of morpholine rings is 1. The highest BCUT2D eigenvalue weighted by molar-refractivity contribution is 5.78. The van der Waals surface area contributed by atoms with E-state index in [9.17, 15) is 9.59 Å². The molecule has 2 bridgehead atoms. The van der Waals surface area contributed by atoms with Gasteiger partial charge >= 0.3 is 6.09 Å². The predicted molar refractivity (Wildman–Crippen MR) is 56.1 cm³/mol. The Morgan fingerprint density at radius 1 is 1.56 bits per heavy atom. The van der Waals surface area contributed by atoms with Crippen molar-refractivity contribution in [3.8, 4) is 0 Å². The summed E-state index contributed by atoms with van der Waals surface area (Å²) in [5.74, 6) is 0. The maximum absolute atomic E-state index is 11.9. The van der Waals surface area contributed by atoms with Crippen LogP contribution < -0.4 is 0 Å². The second-order valence-electron chi connectivity index (χ2n) is 5.45. The lowest BCUT2D eigenvalue weighted by atomic mass is 10.0. The van der Waals surface area contributed by atoms with Gasteiger partial charge in [0, 0.05) is 6.42 Å². The zero-order chi connectivity index (χ0) is 12.0. The molecule has 0 aromatic carbocycles. The molecule has 0 aliphatic carbocycles. The summed E-state index contributed by atoms with van der Waals surface area (Å²) >= 11 is 0. The molecule has 2 rings (SSSR count). The van der Waals surface area contributed by atoms with Gasteiger partial charge in [-0.2, -0.15) is 0 Å². The molecule has 0 N–H and O–H groups in total. The van der Waals surface area contributed by atoms with E-state index in [1.165, 1.54) is 4.90 Å². The zero-order valence-electron chi connectivity index (χ0n) is 9.86. The van der Waals surface area contributed by atoms with Gasteiger partial charge in [0.15, 0.2) is 0 Å². The van der Waals surface area contributed by atoms with E-state index in [1.54, 1.807) is 0 Å². The number of fused-ring (bicyclic) bond motifs is 2. The number of carbonyl (C=O) groups excluding carboxylic acids is 2. The number of ether oxygens (including phenoxy) is 2. The first-order chi connectivity index (χ1) is 7.36. The van der Waals surface area contributed by atoms with Crippen molar-refractivity contribution in [1.29, 1.82) is 0 Å². The van der Waals surface area contributed by atoms with Gasteiger partial charge < -0.3 is 14.3 Å². The minimum atomic E-state index is -0.785. The average Bonchev–Trinajstić information content (AvgIpc) is 2.72. The maximum Gasteiger partial charge on any atom is 0.411 e. The molecular formula is C11H17NO4. The minimum absolute atomic E-state index is 0.0160. The van der Waals surface area contributed by atoms with Gasteiger partial charge in [-0.1, -0.05) is 0 Å². The number of likely N-dealkylation sites (tertiary alicyclic amines) is 1. The maximum atomic E-state index is 11.9. The van der Waals surface area contributed by atoms with Crippen molar-refractivity contribution in [3.05, 3.63) is 0 Å². The van der Waals surface area contributed by atoms with E-state index in [0.717, 1.165) is 6.29 Å². The van der Waals surface area contributed by atoms with Gasteiger partial charge in [0.05, 0.1) is 19.3 Å². The second-order valence-corrected chi connectivity index (χ2v) is 5.45. The fraction of sp³-hybridized carbons (Fsp3) is 0.818. The lowest BCUT2D eigenvalue weighted by Crippen LogP contribution is -2.54. The van der Waals surface area contributed by atoms with Gasteiger partial charge in [0.2, 0.25) is 0 Å². The fourth-order valence-electron chi connectivity index (χ4n) is 2.18. The van der Waals surface area contributed by atoms with Gasteiger partial charge in [-0.15, -0.1) is 0 Å². The number of carbonyl (C=O) groups is 2. The van der Waals surface area contributed by atoms with Crippen molar-refractivity contribution in [2.24, 2.45) is 0 Å². The van der Waals surface area contributed by atoms with E-state index in [0.29, 0.717) is 19.6 Å². The molecule has 2 fully saturated rings. The number of amides is 1. The van der Waals surface area contributed by atoms with Crippen molar-refractivity contribution in [2.75, 3.05) is 13.2 Å². The molecule has 0 radical (unpaired) electrons. The molecule has 0 spiro atoms. The van der Waals surface area contributed by atoms with Gasteiger partial charge in [0.1, 0.15) is 17.4 Å². The van der Waals surface area contributed by atoms with Gasteiger partial charge in [0.25, 0.3) is 0 Å². The lowest BCUT2D eigenvalue weighted by molar-refractivity contribution is -0.120. The smallest absolute Gasteiger partial charge is 0.411 e. The molecule has 5 nitrogen and oxygen atoms in total. The number of hydrogen-bond donors (Lipinski definition) is 0. The minimum Gasteiger partial charge on any atom is -0.444 e. The second kappa shape index (κ2) is 3.45. The molecule has 5 heteroatoms. The quantitative estimate of drug-likeness (QED) is 0.626. The van der Waals surface area contributed by atoms with Crippen LogP contribution in [0, 0.1) is 0 Å². The molecule has 2 heterocycles. The zero-order valence-corrected chi connectivity index (χ0v) is 9.86. The Kier molecular flexibility index (Phi) is 2.45. The van der Waals surface area contributed by atoms with Crippen LogP contribution in [-0.4, -0.2) is 47.7 Å². The molecule has 0 aromatic rings. The summed E-state index contributed by atoms with van der Waals surface area (Å²) in [4.78, 5) is 24.5. The SMILES string of the molecule is CC(C)(C)OC(=O)N1C[C@H]2C[C@]1(C=O)CO2. The van der Waals surface area contributed by atoms with Crippen LogP contribution in [0.25, 0.3) is 0 Å². The summed E-state index contributed by atoms with van der Waals surface area (Å²) in [6.45, 7) is 6.17. The lowest BCUT2D eigenvalue weighted by Gasteiger charge is -2.35. The summed E-state index contributed by atoms with van der Waals surface area (Å²) in [5, 5.41) is 0. The highest BCUT2D eigenvalue weighted by Gasteiger charge is 2.55. The molecule has 2 aliphatic rings. The Morgan fingerprint density at radius 2 is 2.25 bits per heavy atom. The number of rotatable bonds is 1. The van der Waals surface area contributed by atoms with Gasteiger partial charge in [-0.05, 0) is 20.8 Å². The third-order valence-electron chi connectivity index (χ3n) is 2.91. The summed E-state index contributed by atoms with van der Waals surface area (Å²) in [6.07, 6.45) is 0.961. The van der Waals surface area contributed by atoms with Crippen molar-refractivity contribution in [1.82, 2.24) is 4.90 Å². The third-order valence-corrected chi connectivity index (χ3v) is 2.91. The first-order valence-corrected chi connectivity index (χ1v) is 5.45. The predicted octanol–water partition coefficient (Wildman–Crippen LogP) is 0.964. The average molecular weight is 227 g/mol. The largest absolute Gasteiger partial charge is 0.444 e. The fourth-order valence-corrected chi connectivity index (χ4v) is 2.18. The highest BCUT2D eigenvalue weighted by Crippen LogP contribution is 2.37. The first-order valence-electron chi connectivity index (χ1n) is 5.45. The van der Waals surface area contributed by atoms with Gasteiger partial charge in [-0.25, -0.2) is 4.79 Å². The summed E-state index contributed by atoms with van der Waals surface area (Å²) in [7, 11) is 0. The molecular weight excluding hydrogens is 210 g/mol. The van der Waals surface area contributed by atoms with Crippen molar-refractivity contribution in [3.63, 3.8) is 0 Å². The summed E-state index contributed by atoms with van der Waals surface area (Å²) in [5.41, 5.74) is -1.32.